The van der Waals surface area contributed by atoms with Crippen LogP contribution >= 0.6 is 11.3 Å². The third-order valence-corrected chi connectivity index (χ3v) is 6.40. The molecular formula is C24H24N2O2S. The van der Waals surface area contributed by atoms with Gasteiger partial charge in [-0.1, -0.05) is 36.4 Å². The molecule has 5 heteroatoms. The lowest BCUT2D eigenvalue weighted by Gasteiger charge is -2.43. The van der Waals surface area contributed by atoms with E-state index < -0.39 is 0 Å². The van der Waals surface area contributed by atoms with Crippen molar-refractivity contribution in [3.05, 3.63) is 82.0 Å². The zero-order valence-corrected chi connectivity index (χ0v) is 17.6. The van der Waals surface area contributed by atoms with Gasteiger partial charge in [0, 0.05) is 29.2 Å². The number of thiophene rings is 1. The zero-order valence-electron chi connectivity index (χ0n) is 16.8. The molecule has 1 unspecified atom stereocenters. The average Bonchev–Trinajstić information content (AvgIpc) is 3.15. The number of benzene rings is 2. The second-order valence-corrected chi connectivity index (χ2v) is 8.76. The lowest BCUT2D eigenvalue weighted by molar-refractivity contribution is -0.117. The summed E-state index contributed by atoms with van der Waals surface area (Å²) in [6.45, 7) is 5.67. The molecule has 0 bridgehead atoms. The largest absolute Gasteiger partial charge is 0.305 e. The first-order chi connectivity index (χ1) is 14.0. The molecule has 148 valence electrons. The van der Waals surface area contributed by atoms with Gasteiger partial charge in [0.15, 0.2) is 0 Å². The molecule has 2 amide bonds. The highest BCUT2D eigenvalue weighted by Gasteiger charge is 2.38. The average molecular weight is 405 g/mol. The van der Waals surface area contributed by atoms with Gasteiger partial charge in [0.25, 0.3) is 5.91 Å². The SMILES string of the molecule is CC(=O)N(c1ccccc1)[C@H]1CC(C)N(C(=O)c2ccc(C)s2)c2ccccc21. The Bertz CT molecular complexity index is 1040. The van der Waals surface area contributed by atoms with E-state index in [1.807, 2.05) is 83.5 Å². The number of rotatable bonds is 3. The predicted octanol–water partition coefficient (Wildman–Crippen LogP) is 5.59. The van der Waals surface area contributed by atoms with Gasteiger partial charge in [-0.3, -0.25) is 9.59 Å². The molecule has 0 radical (unpaired) electrons. The second-order valence-electron chi connectivity index (χ2n) is 7.47. The molecule has 29 heavy (non-hydrogen) atoms. The van der Waals surface area contributed by atoms with Crippen molar-refractivity contribution < 1.29 is 9.59 Å². The van der Waals surface area contributed by atoms with Gasteiger partial charge in [0.2, 0.25) is 5.91 Å². The molecule has 4 rings (SSSR count). The fourth-order valence-corrected chi connectivity index (χ4v) is 4.98. The Kier molecular flexibility index (Phi) is 5.24. The van der Waals surface area contributed by atoms with Crippen molar-refractivity contribution in [1.82, 2.24) is 0 Å². The van der Waals surface area contributed by atoms with E-state index in [4.69, 9.17) is 0 Å². The standard InChI is InChI=1S/C24H24N2O2S/c1-16-15-22(26(18(3)27)19-9-5-4-6-10-19)20-11-7-8-12-21(20)25(16)24(28)23-14-13-17(2)29-23/h4-14,16,22H,15H2,1-3H3/t16?,22-/m0/s1. The number of para-hydroxylation sites is 2. The van der Waals surface area contributed by atoms with E-state index in [1.54, 1.807) is 6.92 Å². The number of nitrogens with zero attached hydrogens (tertiary/aromatic N) is 2. The van der Waals surface area contributed by atoms with Crippen LogP contribution < -0.4 is 9.80 Å². The van der Waals surface area contributed by atoms with Gasteiger partial charge in [-0.2, -0.15) is 0 Å². The van der Waals surface area contributed by atoms with E-state index in [0.29, 0.717) is 6.42 Å². The maximum atomic E-state index is 13.3. The van der Waals surface area contributed by atoms with Gasteiger partial charge in [-0.15, -0.1) is 11.3 Å². The molecule has 4 nitrogen and oxygen atoms in total. The fourth-order valence-electron chi connectivity index (χ4n) is 4.17. The molecular weight excluding hydrogens is 380 g/mol. The summed E-state index contributed by atoms with van der Waals surface area (Å²) in [7, 11) is 0. The summed E-state index contributed by atoms with van der Waals surface area (Å²) in [6, 6.07) is 21.4. The van der Waals surface area contributed by atoms with Crippen molar-refractivity contribution in [3.63, 3.8) is 0 Å². The van der Waals surface area contributed by atoms with Crippen molar-refractivity contribution in [2.24, 2.45) is 0 Å². The molecule has 0 spiro atoms. The maximum absolute atomic E-state index is 13.3. The Morgan fingerprint density at radius 3 is 2.34 bits per heavy atom. The molecule has 0 aliphatic carbocycles. The van der Waals surface area contributed by atoms with Crippen LogP contribution in [0.5, 0.6) is 0 Å². The summed E-state index contributed by atoms with van der Waals surface area (Å²) in [6.07, 6.45) is 0.682. The molecule has 0 N–H and O–H groups in total. The lowest BCUT2D eigenvalue weighted by Crippen LogP contribution is -2.47. The summed E-state index contributed by atoms with van der Waals surface area (Å²) in [5.41, 5.74) is 2.77. The number of amides is 2. The van der Waals surface area contributed by atoms with Crippen LogP contribution in [-0.2, 0) is 4.79 Å². The Labute approximate surface area is 175 Å². The van der Waals surface area contributed by atoms with Crippen molar-refractivity contribution in [2.75, 3.05) is 9.80 Å². The summed E-state index contributed by atoms with van der Waals surface area (Å²) in [5, 5.41) is 0. The molecule has 0 saturated carbocycles. The zero-order chi connectivity index (χ0) is 20.5. The van der Waals surface area contributed by atoms with E-state index in [9.17, 15) is 9.59 Å². The number of aryl methyl sites for hydroxylation is 1. The lowest BCUT2D eigenvalue weighted by atomic mass is 9.89. The number of carbonyl (C=O) groups excluding carboxylic acids is 2. The Balaban J connectivity index is 1.78. The first-order valence-corrected chi connectivity index (χ1v) is 10.6. The Morgan fingerprint density at radius 1 is 1.00 bits per heavy atom. The minimum absolute atomic E-state index is 0.00291. The summed E-state index contributed by atoms with van der Waals surface area (Å²) in [4.78, 5) is 31.6. The predicted molar refractivity (Wildman–Crippen MR) is 119 cm³/mol. The summed E-state index contributed by atoms with van der Waals surface area (Å²) >= 11 is 1.52. The monoisotopic (exact) mass is 404 g/mol. The molecule has 1 aliphatic rings. The van der Waals surface area contributed by atoms with E-state index in [0.717, 1.165) is 26.7 Å². The third kappa shape index (κ3) is 3.58. The molecule has 2 atom stereocenters. The molecule has 2 heterocycles. The van der Waals surface area contributed by atoms with Gasteiger partial charge in [-0.05, 0) is 56.2 Å². The van der Waals surface area contributed by atoms with Gasteiger partial charge < -0.3 is 9.80 Å². The van der Waals surface area contributed by atoms with Crippen LogP contribution in [-0.4, -0.2) is 17.9 Å². The Hall–Kier alpha value is -2.92. The van der Waals surface area contributed by atoms with Crippen molar-refractivity contribution in [2.45, 2.75) is 39.3 Å². The second kappa shape index (κ2) is 7.84. The minimum atomic E-state index is -0.116. The highest BCUT2D eigenvalue weighted by atomic mass is 32.1. The van der Waals surface area contributed by atoms with E-state index in [1.165, 1.54) is 11.3 Å². The molecule has 1 aliphatic heterocycles. The van der Waals surface area contributed by atoms with Gasteiger partial charge in [0.1, 0.15) is 0 Å². The maximum Gasteiger partial charge on any atom is 0.268 e. The summed E-state index contributed by atoms with van der Waals surface area (Å²) in [5.74, 6) is 0.0208. The number of carbonyl (C=O) groups is 2. The van der Waals surface area contributed by atoms with Crippen molar-refractivity contribution in [1.29, 1.82) is 0 Å². The third-order valence-electron chi connectivity index (χ3n) is 5.42. The van der Waals surface area contributed by atoms with Crippen LogP contribution in [0.2, 0.25) is 0 Å². The number of hydrogen-bond acceptors (Lipinski definition) is 3. The normalized spacial score (nSPS) is 18.2. The number of hydrogen-bond donors (Lipinski definition) is 0. The van der Waals surface area contributed by atoms with Crippen molar-refractivity contribution in [3.8, 4) is 0 Å². The van der Waals surface area contributed by atoms with Crippen LogP contribution in [0, 0.1) is 6.92 Å². The molecule has 0 saturated heterocycles. The Morgan fingerprint density at radius 2 is 1.69 bits per heavy atom. The van der Waals surface area contributed by atoms with E-state index in [-0.39, 0.29) is 23.9 Å². The fraction of sp³-hybridized carbons (Fsp3) is 0.250. The number of fused-ring (bicyclic) bond motifs is 1. The van der Waals surface area contributed by atoms with Gasteiger partial charge >= 0.3 is 0 Å². The van der Waals surface area contributed by atoms with Gasteiger partial charge in [-0.25, -0.2) is 0 Å². The van der Waals surface area contributed by atoms with Crippen LogP contribution in [0.15, 0.2) is 66.7 Å². The number of anilines is 2. The van der Waals surface area contributed by atoms with Crippen LogP contribution in [0.25, 0.3) is 0 Å². The summed E-state index contributed by atoms with van der Waals surface area (Å²) < 4.78 is 0. The highest BCUT2D eigenvalue weighted by molar-refractivity contribution is 7.14. The van der Waals surface area contributed by atoms with Crippen LogP contribution in [0.1, 0.15) is 46.4 Å². The first-order valence-electron chi connectivity index (χ1n) is 9.81. The molecule has 0 fully saturated rings. The molecule has 2 aromatic carbocycles. The first kappa shape index (κ1) is 19.4. The van der Waals surface area contributed by atoms with Crippen molar-refractivity contribution >= 4 is 34.5 Å². The van der Waals surface area contributed by atoms with E-state index >= 15 is 0 Å². The minimum Gasteiger partial charge on any atom is -0.305 e. The molecule has 1 aromatic heterocycles. The highest BCUT2D eigenvalue weighted by Crippen LogP contribution is 2.42. The van der Waals surface area contributed by atoms with Crippen LogP contribution in [0.3, 0.4) is 0 Å². The van der Waals surface area contributed by atoms with Gasteiger partial charge in [0.05, 0.1) is 10.9 Å². The topological polar surface area (TPSA) is 40.6 Å². The smallest absolute Gasteiger partial charge is 0.268 e. The molecule has 3 aromatic rings. The van der Waals surface area contributed by atoms with E-state index in [2.05, 4.69) is 6.92 Å². The quantitative estimate of drug-likeness (QED) is 0.571. The van der Waals surface area contributed by atoms with Crippen LogP contribution in [0.4, 0.5) is 11.4 Å².